The van der Waals surface area contributed by atoms with Gasteiger partial charge in [-0.1, -0.05) is 214 Å². The van der Waals surface area contributed by atoms with Crippen molar-refractivity contribution in [3.63, 3.8) is 0 Å². The third kappa shape index (κ3) is 7.68. The van der Waals surface area contributed by atoms with Crippen LogP contribution in [0.5, 0.6) is 0 Å². The number of hydrogen-bond acceptors (Lipinski definition) is 2. The highest BCUT2D eigenvalue weighted by atomic mass is 15.1. The lowest BCUT2D eigenvalue weighted by Crippen LogP contribution is -2.21. The normalized spacial score (nSPS) is 15.0. The average Bonchev–Trinajstić information content (AvgIpc) is 4.40. The van der Waals surface area contributed by atoms with E-state index in [2.05, 4.69) is 277 Å². The van der Waals surface area contributed by atoms with E-state index >= 15 is 0 Å². The highest BCUT2D eigenvalue weighted by molar-refractivity contribution is 5.91. The van der Waals surface area contributed by atoms with E-state index in [1.54, 1.807) is 0 Å². The third-order valence-corrected chi connectivity index (χ3v) is 18.1. The second-order valence-corrected chi connectivity index (χ2v) is 22.3. The molecule has 11 aromatic carbocycles. The van der Waals surface area contributed by atoms with Crippen LogP contribution in [0, 0.1) is 0 Å². The Morgan fingerprint density at radius 2 is 0.538 bits per heavy atom. The molecule has 0 amide bonds. The summed E-state index contributed by atoms with van der Waals surface area (Å²) in [5, 5.41) is 0. The Kier molecular flexibility index (Phi) is 11.2. The Labute approximate surface area is 459 Å². The van der Waals surface area contributed by atoms with Gasteiger partial charge in [0.05, 0.1) is 0 Å². The Bertz CT molecular complexity index is 3940. The summed E-state index contributed by atoms with van der Waals surface area (Å²) in [6.07, 6.45) is 9.99. The van der Waals surface area contributed by atoms with Gasteiger partial charge in [0.2, 0.25) is 0 Å². The van der Waals surface area contributed by atoms with E-state index in [0.717, 1.165) is 22.7 Å². The van der Waals surface area contributed by atoms with E-state index in [1.165, 1.54) is 152 Å². The molecule has 0 saturated heterocycles. The Morgan fingerprint density at radius 1 is 0.205 bits per heavy atom. The molecule has 0 N–H and O–H groups in total. The van der Waals surface area contributed by atoms with Gasteiger partial charge in [-0.3, -0.25) is 0 Å². The highest BCUT2D eigenvalue weighted by Gasteiger charge is 2.46. The first-order chi connectivity index (χ1) is 38.6. The molecule has 0 heterocycles. The van der Waals surface area contributed by atoms with Crippen LogP contribution in [0.2, 0.25) is 0 Å². The van der Waals surface area contributed by atoms with Crippen LogP contribution < -0.4 is 9.80 Å². The SMILES string of the molecule is c1ccc(-c2ccc(N(c3ccc(-c4ccc(N(c5ccc6c(c5)-c5ccccc5C65CCCC5)c5ccc6c(c5)C5(CCCC5)c5ccccc5-6)cc4)cc3)c3cc(-c4ccccc4)cc(-c4ccccc4)c3)cc2)cc1. The van der Waals surface area contributed by atoms with Crippen LogP contribution in [0.15, 0.2) is 267 Å². The molecule has 0 unspecified atom stereocenters. The predicted octanol–water partition coefficient (Wildman–Crippen LogP) is 21.0. The van der Waals surface area contributed by atoms with Crippen LogP contribution in [0.3, 0.4) is 0 Å². The van der Waals surface area contributed by atoms with Gasteiger partial charge in [0.25, 0.3) is 0 Å². The molecule has 0 atom stereocenters. The smallest absolute Gasteiger partial charge is 0.0473 e. The number of hydrogen-bond donors (Lipinski definition) is 0. The molecule has 2 saturated carbocycles. The van der Waals surface area contributed by atoms with Crippen molar-refractivity contribution in [1.82, 2.24) is 0 Å². The Hall–Kier alpha value is -8.98. The lowest BCUT2D eigenvalue weighted by molar-refractivity contribution is 0.550. The molecular formula is C76H60N2. The van der Waals surface area contributed by atoms with Crippen molar-refractivity contribution in [2.45, 2.75) is 62.2 Å². The van der Waals surface area contributed by atoms with Gasteiger partial charge in [0.15, 0.2) is 0 Å². The largest absolute Gasteiger partial charge is 0.310 e. The summed E-state index contributed by atoms with van der Waals surface area (Å²) in [7, 11) is 0. The quantitative estimate of drug-likeness (QED) is 0.135. The van der Waals surface area contributed by atoms with Gasteiger partial charge < -0.3 is 9.80 Å². The summed E-state index contributed by atoms with van der Waals surface area (Å²) in [5.74, 6) is 0. The molecule has 0 aliphatic heterocycles. The fraction of sp³-hybridized carbons (Fsp3) is 0.132. The summed E-state index contributed by atoms with van der Waals surface area (Å²) in [5.41, 5.74) is 28.2. The molecule has 2 heteroatoms. The Balaban J connectivity index is 0.823. The van der Waals surface area contributed by atoms with Gasteiger partial charge in [-0.2, -0.15) is 0 Å². The summed E-state index contributed by atoms with van der Waals surface area (Å²) in [6, 6.07) is 100.0. The summed E-state index contributed by atoms with van der Waals surface area (Å²) < 4.78 is 0. The lowest BCUT2D eigenvalue weighted by Gasteiger charge is -2.31. The van der Waals surface area contributed by atoms with Gasteiger partial charge >= 0.3 is 0 Å². The van der Waals surface area contributed by atoms with Crippen LogP contribution in [-0.4, -0.2) is 0 Å². The number of rotatable bonds is 10. The van der Waals surface area contributed by atoms with Gasteiger partial charge in [0.1, 0.15) is 0 Å². The molecule has 15 rings (SSSR count). The van der Waals surface area contributed by atoms with Gasteiger partial charge in [-0.25, -0.2) is 0 Å². The minimum Gasteiger partial charge on any atom is -0.310 e. The number of nitrogens with zero attached hydrogens (tertiary/aromatic N) is 2. The van der Waals surface area contributed by atoms with Crippen LogP contribution in [0.1, 0.15) is 73.6 Å². The highest BCUT2D eigenvalue weighted by Crippen LogP contribution is 2.60. The first kappa shape index (κ1) is 46.3. The topological polar surface area (TPSA) is 6.48 Å². The molecule has 0 radical (unpaired) electrons. The zero-order valence-corrected chi connectivity index (χ0v) is 44.0. The van der Waals surface area contributed by atoms with E-state index in [-0.39, 0.29) is 10.8 Å². The summed E-state index contributed by atoms with van der Waals surface area (Å²) in [6.45, 7) is 0. The summed E-state index contributed by atoms with van der Waals surface area (Å²) >= 11 is 0. The number of benzene rings is 11. The first-order valence-electron chi connectivity index (χ1n) is 28.3. The second-order valence-electron chi connectivity index (χ2n) is 22.3. The van der Waals surface area contributed by atoms with E-state index in [4.69, 9.17) is 0 Å². The van der Waals surface area contributed by atoms with Gasteiger partial charge in [-0.15, -0.1) is 0 Å². The van der Waals surface area contributed by atoms with E-state index in [1.807, 2.05) is 0 Å². The third-order valence-electron chi connectivity index (χ3n) is 18.1. The fourth-order valence-electron chi connectivity index (χ4n) is 14.5. The molecule has 0 bridgehead atoms. The minimum atomic E-state index is 0.0748. The summed E-state index contributed by atoms with van der Waals surface area (Å²) in [4.78, 5) is 4.95. The molecule has 2 nitrogen and oxygen atoms in total. The molecule has 2 spiro atoms. The van der Waals surface area contributed by atoms with Crippen molar-refractivity contribution >= 4 is 34.1 Å². The molecule has 4 aliphatic rings. The van der Waals surface area contributed by atoms with Crippen LogP contribution in [0.4, 0.5) is 34.1 Å². The van der Waals surface area contributed by atoms with E-state index in [9.17, 15) is 0 Å². The fourth-order valence-corrected chi connectivity index (χ4v) is 14.5. The molecule has 374 valence electrons. The zero-order chi connectivity index (χ0) is 51.6. The minimum absolute atomic E-state index is 0.0748. The standard InChI is InChI=1S/C76H60N2/c1-4-18-53(19-5-1)56-28-34-61(35-29-56)77(66-49-59(54-20-6-2-7-21-54)48-60(50-66)55-22-8-3-9-23-55)62-36-30-57(31-37-62)58-32-38-63(39-33-58)78(64-41-43-73-70(51-64)68-25-11-13-27-72(68)75(73)44-14-15-45-75)65-40-42-69-67-24-10-12-26-71(67)76(74(69)52-65)46-16-17-47-76/h1-13,18-43,48-52H,14-17,44-47H2. The Morgan fingerprint density at radius 3 is 1.03 bits per heavy atom. The maximum atomic E-state index is 2.56. The monoisotopic (exact) mass is 1000 g/mol. The van der Waals surface area contributed by atoms with Crippen molar-refractivity contribution in [3.05, 3.63) is 289 Å². The van der Waals surface area contributed by atoms with Crippen molar-refractivity contribution in [2.24, 2.45) is 0 Å². The molecule has 2 fully saturated rings. The van der Waals surface area contributed by atoms with Gasteiger partial charge in [-0.05, 0) is 194 Å². The molecule has 11 aromatic rings. The first-order valence-corrected chi connectivity index (χ1v) is 28.3. The van der Waals surface area contributed by atoms with Crippen LogP contribution in [-0.2, 0) is 10.8 Å². The van der Waals surface area contributed by atoms with Crippen molar-refractivity contribution < 1.29 is 0 Å². The van der Waals surface area contributed by atoms with Crippen molar-refractivity contribution in [1.29, 1.82) is 0 Å². The zero-order valence-electron chi connectivity index (χ0n) is 44.0. The van der Waals surface area contributed by atoms with Crippen LogP contribution in [0.25, 0.3) is 66.8 Å². The number of fused-ring (bicyclic) bond motifs is 10. The molecular weight excluding hydrogens is 941 g/mol. The van der Waals surface area contributed by atoms with Gasteiger partial charge in [0, 0.05) is 45.0 Å². The van der Waals surface area contributed by atoms with Crippen LogP contribution >= 0.6 is 0 Å². The lowest BCUT2D eigenvalue weighted by atomic mass is 9.76. The van der Waals surface area contributed by atoms with E-state index < -0.39 is 0 Å². The second kappa shape index (κ2) is 18.9. The maximum absolute atomic E-state index is 2.56. The molecule has 4 aliphatic carbocycles. The van der Waals surface area contributed by atoms with Crippen molar-refractivity contribution in [2.75, 3.05) is 9.80 Å². The predicted molar refractivity (Wildman–Crippen MR) is 327 cm³/mol. The van der Waals surface area contributed by atoms with E-state index in [0.29, 0.717) is 0 Å². The molecule has 0 aromatic heterocycles. The number of anilines is 6. The maximum Gasteiger partial charge on any atom is 0.0473 e. The molecule has 78 heavy (non-hydrogen) atoms. The van der Waals surface area contributed by atoms with Crippen molar-refractivity contribution in [3.8, 4) is 66.8 Å². The average molecular weight is 1000 g/mol.